The fraction of sp³-hybridized carbons (Fsp3) is 0.667. The van der Waals surface area contributed by atoms with Crippen LogP contribution in [0.15, 0.2) is 9.85 Å². The summed E-state index contributed by atoms with van der Waals surface area (Å²) in [7, 11) is 0. The Morgan fingerprint density at radius 3 is 3.27 bits per heavy atom. The largest absolute Gasteiger partial charge is 0.369 e. The summed E-state index contributed by atoms with van der Waals surface area (Å²) in [6.07, 6.45) is 0. The van der Waals surface area contributed by atoms with Crippen molar-refractivity contribution in [3.63, 3.8) is 0 Å². The predicted molar refractivity (Wildman–Crippen MR) is 45.0 cm³/mol. The first-order valence-electron chi connectivity index (χ1n) is 3.31. The second-order valence-corrected chi connectivity index (χ2v) is 4.79. The summed E-state index contributed by atoms with van der Waals surface area (Å²) in [6.45, 7) is 3.00. The molecule has 0 N–H and O–H groups in total. The van der Waals surface area contributed by atoms with E-state index in [0.29, 0.717) is 0 Å². The van der Waals surface area contributed by atoms with Crippen LogP contribution in [0.1, 0.15) is 6.92 Å². The average Bonchev–Trinajstić information content (AvgIpc) is 2.53. The van der Waals surface area contributed by atoms with Crippen molar-refractivity contribution in [2.24, 2.45) is 0 Å². The molecule has 1 aliphatic rings. The molecule has 1 unspecified atom stereocenters. The van der Waals surface area contributed by atoms with Crippen LogP contribution in [-0.4, -0.2) is 28.2 Å². The Balaban J connectivity index is 1.83. The van der Waals surface area contributed by atoms with Crippen molar-refractivity contribution in [1.29, 1.82) is 0 Å². The molecular weight excluding hydrogens is 180 g/mol. The molecule has 0 bridgehead atoms. The molecule has 0 aromatic carbocycles. The second-order valence-electron chi connectivity index (χ2n) is 2.73. The maximum absolute atomic E-state index is 5.23. The van der Waals surface area contributed by atoms with E-state index in [1.807, 2.05) is 0 Å². The van der Waals surface area contributed by atoms with Crippen LogP contribution in [0.3, 0.4) is 0 Å². The third-order valence-corrected chi connectivity index (χ3v) is 3.69. The molecule has 1 fully saturated rings. The maximum Gasteiger partial charge on any atom is 0.174 e. The van der Waals surface area contributed by atoms with Crippen LogP contribution in [-0.2, 0) is 4.74 Å². The minimum atomic E-state index is 0.121. The third-order valence-electron chi connectivity index (χ3n) is 1.48. The van der Waals surface area contributed by atoms with E-state index in [1.54, 1.807) is 28.6 Å². The van der Waals surface area contributed by atoms with E-state index in [9.17, 15) is 0 Å². The monoisotopic (exact) mass is 188 g/mol. The zero-order valence-electron chi connectivity index (χ0n) is 6.11. The number of rotatable bonds is 3. The lowest BCUT2D eigenvalue weighted by Gasteiger charge is -1.99. The number of aromatic nitrogens is 2. The van der Waals surface area contributed by atoms with Gasteiger partial charge in [0.2, 0.25) is 0 Å². The van der Waals surface area contributed by atoms with Crippen molar-refractivity contribution in [3.05, 3.63) is 5.51 Å². The molecule has 0 saturated carbocycles. The van der Waals surface area contributed by atoms with Gasteiger partial charge in [-0.3, -0.25) is 0 Å². The maximum atomic E-state index is 5.23. The standard InChI is InChI=1S/C6H8N2OS2/c1-6(2-9-6)3-10-5-8-7-4-11-5/h4H,2-3H2,1H3. The van der Waals surface area contributed by atoms with Gasteiger partial charge in [0.05, 0.1) is 12.2 Å². The first-order chi connectivity index (χ1) is 5.29. The van der Waals surface area contributed by atoms with Crippen molar-refractivity contribution in [2.45, 2.75) is 16.9 Å². The molecule has 1 aliphatic heterocycles. The molecule has 1 aromatic heterocycles. The summed E-state index contributed by atoms with van der Waals surface area (Å²) < 4.78 is 6.26. The number of hydrogen-bond donors (Lipinski definition) is 0. The molecule has 1 saturated heterocycles. The highest BCUT2D eigenvalue weighted by Gasteiger charge is 2.39. The van der Waals surface area contributed by atoms with Crippen LogP contribution in [0.4, 0.5) is 0 Å². The lowest BCUT2D eigenvalue weighted by atomic mass is 10.3. The summed E-state index contributed by atoms with van der Waals surface area (Å²) in [5.41, 5.74) is 1.87. The van der Waals surface area contributed by atoms with E-state index in [-0.39, 0.29) is 5.60 Å². The molecule has 5 heteroatoms. The first-order valence-corrected chi connectivity index (χ1v) is 5.18. The van der Waals surface area contributed by atoms with E-state index < -0.39 is 0 Å². The van der Waals surface area contributed by atoms with Gasteiger partial charge in [0.15, 0.2) is 4.34 Å². The predicted octanol–water partition coefficient (Wildman–Crippen LogP) is 1.42. The Bertz CT molecular complexity index is 233. The van der Waals surface area contributed by atoms with E-state index >= 15 is 0 Å². The van der Waals surface area contributed by atoms with Crippen LogP contribution in [0, 0.1) is 0 Å². The highest BCUT2D eigenvalue weighted by Crippen LogP contribution is 2.33. The lowest BCUT2D eigenvalue weighted by molar-refractivity contribution is 0.348. The molecule has 11 heavy (non-hydrogen) atoms. The van der Waals surface area contributed by atoms with Crippen molar-refractivity contribution in [3.8, 4) is 0 Å². The number of ether oxygens (including phenoxy) is 1. The number of epoxide rings is 1. The van der Waals surface area contributed by atoms with E-state index in [1.165, 1.54) is 0 Å². The summed E-state index contributed by atoms with van der Waals surface area (Å²) >= 11 is 3.29. The van der Waals surface area contributed by atoms with Gasteiger partial charge < -0.3 is 4.74 Å². The molecule has 60 valence electrons. The van der Waals surface area contributed by atoms with Gasteiger partial charge in [0, 0.05) is 5.75 Å². The number of thioether (sulfide) groups is 1. The first kappa shape index (κ1) is 7.52. The molecule has 0 radical (unpaired) electrons. The van der Waals surface area contributed by atoms with E-state index in [2.05, 4.69) is 17.1 Å². The molecule has 2 heterocycles. The summed E-state index contributed by atoms with van der Waals surface area (Å²) in [6, 6.07) is 0. The van der Waals surface area contributed by atoms with Crippen LogP contribution in [0.2, 0.25) is 0 Å². The smallest absolute Gasteiger partial charge is 0.174 e. The van der Waals surface area contributed by atoms with Gasteiger partial charge in [-0.05, 0) is 6.92 Å². The Hall–Kier alpha value is -0.130. The molecule has 3 nitrogen and oxygen atoms in total. The molecular formula is C6H8N2OS2. The van der Waals surface area contributed by atoms with Crippen molar-refractivity contribution < 1.29 is 4.74 Å². The van der Waals surface area contributed by atoms with Crippen LogP contribution < -0.4 is 0 Å². The zero-order chi connectivity index (χ0) is 7.73. The quantitative estimate of drug-likeness (QED) is 0.531. The Morgan fingerprint density at radius 1 is 1.91 bits per heavy atom. The number of hydrogen-bond acceptors (Lipinski definition) is 5. The topological polar surface area (TPSA) is 38.3 Å². The Kier molecular flexibility index (Phi) is 1.86. The van der Waals surface area contributed by atoms with Gasteiger partial charge >= 0.3 is 0 Å². The highest BCUT2D eigenvalue weighted by molar-refractivity contribution is 8.01. The van der Waals surface area contributed by atoms with Crippen LogP contribution in [0.25, 0.3) is 0 Å². The van der Waals surface area contributed by atoms with Gasteiger partial charge in [0.25, 0.3) is 0 Å². The molecule has 1 aromatic rings. The lowest BCUT2D eigenvalue weighted by Crippen LogP contribution is -2.07. The average molecular weight is 188 g/mol. The summed E-state index contributed by atoms with van der Waals surface area (Å²) in [5.74, 6) is 0.988. The van der Waals surface area contributed by atoms with Gasteiger partial charge in [0.1, 0.15) is 5.51 Å². The molecule has 0 amide bonds. The normalized spacial score (nSPS) is 28.8. The minimum absolute atomic E-state index is 0.121. The summed E-state index contributed by atoms with van der Waals surface area (Å²) in [5, 5.41) is 7.67. The second kappa shape index (κ2) is 2.73. The third kappa shape index (κ3) is 1.91. The van der Waals surface area contributed by atoms with E-state index in [4.69, 9.17) is 4.74 Å². The van der Waals surface area contributed by atoms with Crippen LogP contribution >= 0.6 is 23.1 Å². The van der Waals surface area contributed by atoms with Gasteiger partial charge in [-0.2, -0.15) is 0 Å². The van der Waals surface area contributed by atoms with E-state index in [0.717, 1.165) is 16.7 Å². The number of nitrogens with zero attached hydrogens (tertiary/aromatic N) is 2. The molecule has 0 aliphatic carbocycles. The molecule has 1 atom stereocenters. The van der Waals surface area contributed by atoms with Crippen LogP contribution in [0.5, 0.6) is 0 Å². The molecule has 0 spiro atoms. The SMILES string of the molecule is CC1(CSc2nncs2)CO1. The summed E-state index contributed by atoms with van der Waals surface area (Å²) in [4.78, 5) is 0. The van der Waals surface area contributed by atoms with Gasteiger partial charge in [-0.15, -0.1) is 10.2 Å². The fourth-order valence-electron chi connectivity index (χ4n) is 0.647. The van der Waals surface area contributed by atoms with Gasteiger partial charge in [-0.25, -0.2) is 0 Å². The minimum Gasteiger partial charge on any atom is -0.369 e. The van der Waals surface area contributed by atoms with Crippen molar-refractivity contribution in [2.75, 3.05) is 12.4 Å². The van der Waals surface area contributed by atoms with Crippen molar-refractivity contribution >= 4 is 23.1 Å². The van der Waals surface area contributed by atoms with Crippen molar-refractivity contribution in [1.82, 2.24) is 10.2 Å². The zero-order valence-corrected chi connectivity index (χ0v) is 7.74. The highest BCUT2D eigenvalue weighted by atomic mass is 32.2. The fourth-order valence-corrected chi connectivity index (χ4v) is 2.20. The Morgan fingerprint density at radius 2 is 2.73 bits per heavy atom. The van der Waals surface area contributed by atoms with Gasteiger partial charge in [-0.1, -0.05) is 23.1 Å². The Labute approximate surface area is 73.2 Å². The molecule has 2 rings (SSSR count).